The number of hydrogen-bond acceptors (Lipinski definition) is 4. The molecule has 0 radical (unpaired) electrons. The van der Waals surface area contributed by atoms with Crippen LogP contribution in [-0.2, 0) is 11.3 Å². The number of benzene rings is 1. The summed E-state index contributed by atoms with van der Waals surface area (Å²) >= 11 is 0. The van der Waals surface area contributed by atoms with E-state index in [1.807, 2.05) is 6.92 Å². The Morgan fingerprint density at radius 3 is 2.45 bits per heavy atom. The van der Waals surface area contributed by atoms with Gasteiger partial charge in [-0.2, -0.15) is 0 Å². The summed E-state index contributed by atoms with van der Waals surface area (Å²) in [5.41, 5.74) is 6.98. The van der Waals surface area contributed by atoms with Gasteiger partial charge in [0.25, 0.3) is 0 Å². The molecule has 1 atom stereocenters. The Kier molecular flexibility index (Phi) is 6.83. The normalized spacial score (nSPS) is 18.1. The monoisotopic (exact) mass is 304 g/mol. The maximum atomic E-state index is 11.5. The van der Waals surface area contributed by atoms with Crippen LogP contribution in [0.2, 0.25) is 0 Å². The van der Waals surface area contributed by atoms with Crippen molar-refractivity contribution in [2.75, 3.05) is 39.3 Å². The van der Waals surface area contributed by atoms with Crippen molar-refractivity contribution < 1.29 is 4.79 Å². The minimum absolute atomic E-state index is 0.0534. The first-order valence-electron chi connectivity index (χ1n) is 8.14. The summed E-state index contributed by atoms with van der Waals surface area (Å²) in [5.74, 6) is 0.0534. The first kappa shape index (κ1) is 16.9. The molecule has 1 saturated heterocycles. The molecular formula is C17H28N4O. The van der Waals surface area contributed by atoms with Crippen molar-refractivity contribution in [3.05, 3.63) is 35.9 Å². The summed E-state index contributed by atoms with van der Waals surface area (Å²) in [5, 5.41) is 2.94. The number of rotatable bonds is 7. The van der Waals surface area contributed by atoms with E-state index in [0.717, 1.165) is 39.3 Å². The molecule has 0 spiro atoms. The molecule has 0 aliphatic carbocycles. The van der Waals surface area contributed by atoms with Crippen LogP contribution < -0.4 is 11.1 Å². The van der Waals surface area contributed by atoms with Gasteiger partial charge in [0.05, 0.1) is 0 Å². The van der Waals surface area contributed by atoms with Gasteiger partial charge in [-0.3, -0.25) is 14.6 Å². The summed E-state index contributed by atoms with van der Waals surface area (Å²) < 4.78 is 0. The van der Waals surface area contributed by atoms with Gasteiger partial charge in [0.2, 0.25) is 5.91 Å². The van der Waals surface area contributed by atoms with E-state index in [1.54, 1.807) is 0 Å². The van der Waals surface area contributed by atoms with Crippen LogP contribution >= 0.6 is 0 Å². The van der Waals surface area contributed by atoms with Crippen LogP contribution in [-0.4, -0.2) is 61.0 Å². The second kappa shape index (κ2) is 8.88. The number of nitrogens with two attached hydrogens (primary N) is 1. The highest BCUT2D eigenvalue weighted by Gasteiger charge is 2.16. The lowest BCUT2D eigenvalue weighted by atomic mass is 10.2. The molecule has 1 amide bonds. The van der Waals surface area contributed by atoms with Gasteiger partial charge in [-0.25, -0.2) is 0 Å². The highest BCUT2D eigenvalue weighted by atomic mass is 16.1. The maximum Gasteiger partial charge on any atom is 0.221 e. The van der Waals surface area contributed by atoms with Crippen molar-refractivity contribution >= 4 is 5.91 Å². The number of amides is 1. The molecule has 3 N–H and O–H groups in total. The van der Waals surface area contributed by atoms with Crippen LogP contribution in [0, 0.1) is 0 Å². The lowest BCUT2D eigenvalue weighted by Gasteiger charge is -2.34. The van der Waals surface area contributed by atoms with Gasteiger partial charge >= 0.3 is 0 Å². The fraction of sp³-hybridized carbons (Fsp3) is 0.588. The van der Waals surface area contributed by atoms with E-state index in [9.17, 15) is 4.79 Å². The molecule has 5 heteroatoms. The largest absolute Gasteiger partial charge is 0.355 e. The van der Waals surface area contributed by atoms with E-state index in [-0.39, 0.29) is 11.9 Å². The first-order valence-corrected chi connectivity index (χ1v) is 8.14. The number of nitrogens with one attached hydrogen (secondary N) is 1. The minimum Gasteiger partial charge on any atom is -0.355 e. The molecule has 22 heavy (non-hydrogen) atoms. The third kappa shape index (κ3) is 6.13. The Balaban J connectivity index is 1.60. The molecule has 2 rings (SSSR count). The number of carbonyl (C=O) groups is 1. The average Bonchev–Trinajstić information content (AvgIpc) is 2.49. The molecule has 1 aliphatic rings. The van der Waals surface area contributed by atoms with Crippen molar-refractivity contribution in [1.29, 1.82) is 0 Å². The Hall–Kier alpha value is -1.43. The second-order valence-corrected chi connectivity index (χ2v) is 6.13. The highest BCUT2D eigenvalue weighted by Crippen LogP contribution is 2.07. The van der Waals surface area contributed by atoms with Crippen molar-refractivity contribution in [1.82, 2.24) is 15.1 Å². The van der Waals surface area contributed by atoms with Crippen LogP contribution in [0.1, 0.15) is 18.9 Å². The molecular weight excluding hydrogens is 276 g/mol. The molecule has 1 fully saturated rings. The Morgan fingerprint density at radius 2 is 1.82 bits per heavy atom. The van der Waals surface area contributed by atoms with Gasteiger partial charge in [0.1, 0.15) is 0 Å². The second-order valence-electron chi connectivity index (χ2n) is 6.13. The topological polar surface area (TPSA) is 61.6 Å². The van der Waals surface area contributed by atoms with E-state index < -0.39 is 0 Å². The molecule has 1 unspecified atom stereocenters. The molecule has 0 aromatic heterocycles. The third-order valence-electron chi connectivity index (χ3n) is 3.97. The van der Waals surface area contributed by atoms with Crippen molar-refractivity contribution in [2.24, 2.45) is 5.73 Å². The van der Waals surface area contributed by atoms with Crippen LogP contribution in [0.5, 0.6) is 0 Å². The van der Waals surface area contributed by atoms with Gasteiger partial charge < -0.3 is 11.1 Å². The Morgan fingerprint density at radius 1 is 1.18 bits per heavy atom. The Labute approximate surface area is 133 Å². The van der Waals surface area contributed by atoms with E-state index in [4.69, 9.17) is 5.73 Å². The number of carbonyl (C=O) groups excluding carboxylic acids is 1. The minimum atomic E-state index is -0.0680. The van der Waals surface area contributed by atoms with Gasteiger partial charge in [-0.1, -0.05) is 30.3 Å². The summed E-state index contributed by atoms with van der Waals surface area (Å²) in [4.78, 5) is 16.4. The molecule has 122 valence electrons. The number of nitrogens with zero attached hydrogens (tertiary/aromatic N) is 2. The van der Waals surface area contributed by atoms with Crippen LogP contribution in [0.4, 0.5) is 0 Å². The fourth-order valence-electron chi connectivity index (χ4n) is 2.73. The van der Waals surface area contributed by atoms with E-state index in [1.165, 1.54) is 5.56 Å². The van der Waals surface area contributed by atoms with E-state index >= 15 is 0 Å². The lowest BCUT2D eigenvalue weighted by Crippen LogP contribution is -2.48. The summed E-state index contributed by atoms with van der Waals surface area (Å²) in [6.07, 6.45) is 0.408. The van der Waals surface area contributed by atoms with Crippen LogP contribution in [0.15, 0.2) is 30.3 Å². The molecule has 1 aliphatic heterocycles. The molecule has 0 saturated carbocycles. The van der Waals surface area contributed by atoms with E-state index in [0.29, 0.717) is 13.0 Å². The van der Waals surface area contributed by atoms with Crippen LogP contribution in [0.3, 0.4) is 0 Å². The zero-order chi connectivity index (χ0) is 15.8. The van der Waals surface area contributed by atoms with Crippen molar-refractivity contribution in [3.8, 4) is 0 Å². The van der Waals surface area contributed by atoms with Crippen molar-refractivity contribution in [3.63, 3.8) is 0 Å². The first-order chi connectivity index (χ1) is 10.6. The SMILES string of the molecule is CC(N)CC(=O)NCCN1CCN(Cc2ccccc2)CC1. The van der Waals surface area contributed by atoms with E-state index in [2.05, 4.69) is 45.4 Å². The quantitative estimate of drug-likeness (QED) is 0.777. The zero-order valence-corrected chi connectivity index (χ0v) is 13.5. The summed E-state index contributed by atoms with van der Waals surface area (Å²) in [7, 11) is 0. The number of hydrogen-bond donors (Lipinski definition) is 2. The Bertz CT molecular complexity index is 441. The van der Waals surface area contributed by atoms with Gasteiger partial charge in [0.15, 0.2) is 0 Å². The lowest BCUT2D eigenvalue weighted by molar-refractivity contribution is -0.121. The maximum absolute atomic E-state index is 11.5. The third-order valence-corrected chi connectivity index (χ3v) is 3.97. The van der Waals surface area contributed by atoms with Crippen LogP contribution in [0.25, 0.3) is 0 Å². The smallest absolute Gasteiger partial charge is 0.221 e. The van der Waals surface area contributed by atoms with Crippen molar-refractivity contribution in [2.45, 2.75) is 25.9 Å². The molecule has 1 heterocycles. The highest BCUT2D eigenvalue weighted by molar-refractivity contribution is 5.76. The molecule has 0 bridgehead atoms. The summed E-state index contributed by atoms with van der Waals surface area (Å²) in [6, 6.07) is 10.5. The van der Waals surface area contributed by atoms with Gasteiger partial charge in [-0.05, 0) is 12.5 Å². The van der Waals surface area contributed by atoms with Gasteiger partial charge in [-0.15, -0.1) is 0 Å². The number of piperazine rings is 1. The standard InChI is InChI=1S/C17H28N4O/c1-15(18)13-17(22)19-7-8-20-9-11-21(12-10-20)14-16-5-3-2-4-6-16/h2-6,15H,7-14,18H2,1H3,(H,19,22). The predicted molar refractivity (Wildman–Crippen MR) is 89.4 cm³/mol. The predicted octanol–water partition coefficient (Wildman–Crippen LogP) is 0.658. The average molecular weight is 304 g/mol. The summed E-state index contributed by atoms with van der Waals surface area (Å²) in [6.45, 7) is 8.82. The molecule has 1 aromatic carbocycles. The fourth-order valence-corrected chi connectivity index (χ4v) is 2.73. The molecule has 5 nitrogen and oxygen atoms in total. The zero-order valence-electron chi connectivity index (χ0n) is 13.5. The molecule has 1 aromatic rings. The van der Waals surface area contributed by atoms with Gasteiger partial charge in [0, 0.05) is 58.3 Å².